The Hall–Kier alpha value is -1.90. The van der Waals surface area contributed by atoms with E-state index < -0.39 is 0 Å². The van der Waals surface area contributed by atoms with Crippen LogP contribution in [0.15, 0.2) is 41.4 Å². The van der Waals surface area contributed by atoms with Gasteiger partial charge in [0.1, 0.15) is 5.84 Å². The van der Waals surface area contributed by atoms with Gasteiger partial charge in [-0.15, -0.1) is 0 Å². The molecule has 0 bridgehead atoms. The molecule has 0 unspecified atom stereocenters. The van der Waals surface area contributed by atoms with Gasteiger partial charge in [-0.2, -0.15) is 0 Å². The molecule has 3 nitrogen and oxygen atoms in total. The van der Waals surface area contributed by atoms with Crippen molar-refractivity contribution in [3.8, 4) is 0 Å². The van der Waals surface area contributed by atoms with Crippen molar-refractivity contribution in [2.24, 2.45) is 4.99 Å². The molecule has 0 saturated carbocycles. The number of carbonyl (C=O) groups is 1. The van der Waals surface area contributed by atoms with Crippen molar-refractivity contribution < 1.29 is 4.79 Å². The third kappa shape index (κ3) is 6.89. The van der Waals surface area contributed by atoms with Gasteiger partial charge in [0.15, 0.2) is 0 Å². The maximum Gasteiger partial charge on any atom is 0.225 e. The fraction of sp³-hybridized carbons (Fsp3) is 0.444. The Labute approximate surface area is 128 Å². The van der Waals surface area contributed by atoms with Crippen LogP contribution in [0.1, 0.15) is 58.4 Å². The number of allylic oxidation sites excluding steroid dienone is 1. The van der Waals surface area contributed by atoms with E-state index in [0.717, 1.165) is 24.1 Å². The van der Waals surface area contributed by atoms with E-state index >= 15 is 0 Å². The molecule has 0 aliphatic heterocycles. The summed E-state index contributed by atoms with van der Waals surface area (Å²) in [5, 5.41) is 2.86. The number of hydrogen-bond acceptors (Lipinski definition) is 2. The van der Waals surface area contributed by atoms with Crippen molar-refractivity contribution in [3.05, 3.63) is 42.0 Å². The largest absolute Gasteiger partial charge is 0.314 e. The van der Waals surface area contributed by atoms with Crippen molar-refractivity contribution >= 4 is 17.4 Å². The number of unbranched alkanes of at least 4 members (excludes halogenated alkanes) is 3. The molecule has 21 heavy (non-hydrogen) atoms. The van der Waals surface area contributed by atoms with Gasteiger partial charge in [0.05, 0.1) is 5.70 Å². The van der Waals surface area contributed by atoms with Crippen molar-refractivity contribution in [3.63, 3.8) is 0 Å². The van der Waals surface area contributed by atoms with Crippen molar-refractivity contribution in [1.82, 2.24) is 5.32 Å². The number of amidine groups is 1. The van der Waals surface area contributed by atoms with Crippen LogP contribution in [0.3, 0.4) is 0 Å². The number of amides is 1. The van der Waals surface area contributed by atoms with Crippen molar-refractivity contribution in [2.75, 3.05) is 0 Å². The van der Waals surface area contributed by atoms with Crippen LogP contribution >= 0.6 is 0 Å². The van der Waals surface area contributed by atoms with Crippen LogP contribution in [0.4, 0.5) is 0 Å². The molecule has 0 aliphatic rings. The zero-order chi connectivity index (χ0) is 15.5. The minimum atomic E-state index is 0.0517. The standard InChI is InChI=1S/C18H26N2O/c1-4-6-7-11-14-18(21)20-15(3)19-17(5-2)16-12-9-8-10-13-16/h5,8-10,12-13H,4,6-7,11,14H2,1-3H3,(H,19,20,21)/b17-5-. The second-order valence-corrected chi connectivity index (χ2v) is 5.10. The molecule has 114 valence electrons. The Balaban J connectivity index is 2.53. The van der Waals surface area contributed by atoms with E-state index in [9.17, 15) is 4.79 Å². The van der Waals surface area contributed by atoms with E-state index in [4.69, 9.17) is 0 Å². The van der Waals surface area contributed by atoms with Gasteiger partial charge in [-0.3, -0.25) is 4.79 Å². The fourth-order valence-corrected chi connectivity index (χ4v) is 2.09. The summed E-state index contributed by atoms with van der Waals surface area (Å²) in [6, 6.07) is 9.97. The van der Waals surface area contributed by atoms with Gasteiger partial charge < -0.3 is 5.32 Å². The van der Waals surface area contributed by atoms with Gasteiger partial charge in [-0.1, -0.05) is 62.6 Å². The predicted octanol–water partition coefficient (Wildman–Crippen LogP) is 4.55. The quantitative estimate of drug-likeness (QED) is 0.446. The first-order valence-corrected chi connectivity index (χ1v) is 7.74. The summed E-state index contributed by atoms with van der Waals surface area (Å²) in [5.41, 5.74) is 1.93. The van der Waals surface area contributed by atoms with Crippen LogP contribution in [0, 0.1) is 0 Å². The molecule has 0 heterocycles. The first-order valence-electron chi connectivity index (χ1n) is 7.74. The summed E-state index contributed by atoms with van der Waals surface area (Å²) in [5.74, 6) is 0.698. The molecule has 0 fully saturated rings. The van der Waals surface area contributed by atoms with Gasteiger partial charge >= 0.3 is 0 Å². The van der Waals surface area contributed by atoms with E-state index in [0.29, 0.717) is 12.3 Å². The van der Waals surface area contributed by atoms with Crippen LogP contribution in [-0.4, -0.2) is 11.7 Å². The average Bonchev–Trinajstić information content (AvgIpc) is 2.50. The Bertz CT molecular complexity index is 489. The maximum atomic E-state index is 11.8. The molecule has 1 rings (SSSR count). The summed E-state index contributed by atoms with van der Waals surface area (Å²) < 4.78 is 0. The minimum Gasteiger partial charge on any atom is -0.314 e. The van der Waals surface area contributed by atoms with Gasteiger partial charge in [0.2, 0.25) is 5.91 Å². The third-order valence-electron chi connectivity index (χ3n) is 3.21. The molecular weight excluding hydrogens is 260 g/mol. The number of benzene rings is 1. The fourth-order valence-electron chi connectivity index (χ4n) is 2.09. The highest BCUT2D eigenvalue weighted by Crippen LogP contribution is 2.15. The SMILES string of the molecule is C/C=C(\N=C(C)NC(=O)CCCCCC)c1ccccc1. The lowest BCUT2D eigenvalue weighted by Gasteiger charge is -2.07. The third-order valence-corrected chi connectivity index (χ3v) is 3.21. The lowest BCUT2D eigenvalue weighted by atomic mass is 10.1. The monoisotopic (exact) mass is 286 g/mol. The summed E-state index contributed by atoms with van der Waals surface area (Å²) in [4.78, 5) is 16.3. The molecule has 0 aromatic heterocycles. The second kappa shape index (κ2) is 9.92. The Morgan fingerprint density at radius 2 is 1.90 bits per heavy atom. The highest BCUT2D eigenvalue weighted by molar-refractivity contribution is 5.99. The van der Waals surface area contributed by atoms with Gasteiger partial charge in [-0.25, -0.2) is 4.99 Å². The molecule has 0 aliphatic carbocycles. The van der Waals surface area contributed by atoms with E-state index in [2.05, 4.69) is 17.2 Å². The molecule has 1 N–H and O–H groups in total. The average molecular weight is 286 g/mol. The smallest absolute Gasteiger partial charge is 0.225 e. The second-order valence-electron chi connectivity index (χ2n) is 5.10. The number of hydrogen-bond donors (Lipinski definition) is 1. The van der Waals surface area contributed by atoms with Crippen molar-refractivity contribution in [1.29, 1.82) is 0 Å². The van der Waals surface area contributed by atoms with Crippen LogP contribution < -0.4 is 5.32 Å². The number of carbonyl (C=O) groups excluding carboxylic acids is 1. The Morgan fingerprint density at radius 1 is 1.19 bits per heavy atom. The van der Waals surface area contributed by atoms with Crippen LogP contribution in [0.25, 0.3) is 5.70 Å². The number of nitrogens with zero attached hydrogens (tertiary/aromatic N) is 1. The van der Waals surface area contributed by atoms with Crippen LogP contribution in [0.2, 0.25) is 0 Å². The van der Waals surface area contributed by atoms with E-state index in [-0.39, 0.29) is 5.91 Å². The summed E-state index contributed by atoms with van der Waals surface area (Å²) in [7, 11) is 0. The lowest BCUT2D eigenvalue weighted by molar-refractivity contribution is -0.119. The highest BCUT2D eigenvalue weighted by Gasteiger charge is 2.04. The Morgan fingerprint density at radius 3 is 2.52 bits per heavy atom. The molecule has 0 spiro atoms. The Kier molecular flexibility index (Phi) is 8.10. The van der Waals surface area contributed by atoms with E-state index in [1.165, 1.54) is 12.8 Å². The first kappa shape index (κ1) is 17.2. The van der Waals surface area contributed by atoms with Crippen LogP contribution in [-0.2, 0) is 4.79 Å². The number of rotatable bonds is 7. The summed E-state index contributed by atoms with van der Waals surface area (Å²) in [6.45, 7) is 5.95. The molecule has 3 heteroatoms. The molecular formula is C18H26N2O. The summed E-state index contributed by atoms with van der Waals surface area (Å²) >= 11 is 0. The summed E-state index contributed by atoms with van der Waals surface area (Å²) in [6.07, 6.45) is 6.96. The first-order chi connectivity index (χ1) is 10.2. The zero-order valence-electron chi connectivity index (χ0n) is 13.4. The molecule has 0 saturated heterocycles. The van der Waals surface area contributed by atoms with E-state index in [1.54, 1.807) is 0 Å². The molecule has 1 aromatic rings. The normalized spacial score (nSPS) is 12.3. The predicted molar refractivity (Wildman–Crippen MR) is 90.1 cm³/mol. The van der Waals surface area contributed by atoms with E-state index in [1.807, 2.05) is 50.3 Å². The topological polar surface area (TPSA) is 41.5 Å². The molecule has 0 atom stereocenters. The lowest BCUT2D eigenvalue weighted by Crippen LogP contribution is -2.28. The number of nitrogens with one attached hydrogen (secondary N) is 1. The van der Waals surface area contributed by atoms with Gasteiger partial charge in [0, 0.05) is 6.42 Å². The van der Waals surface area contributed by atoms with Gasteiger partial charge in [0.25, 0.3) is 0 Å². The minimum absolute atomic E-state index is 0.0517. The molecule has 1 amide bonds. The molecule has 0 radical (unpaired) electrons. The van der Waals surface area contributed by atoms with Crippen LogP contribution in [0.5, 0.6) is 0 Å². The van der Waals surface area contributed by atoms with Crippen molar-refractivity contribution in [2.45, 2.75) is 52.9 Å². The maximum absolute atomic E-state index is 11.8. The van der Waals surface area contributed by atoms with Gasteiger partial charge in [-0.05, 0) is 25.8 Å². The zero-order valence-corrected chi connectivity index (χ0v) is 13.4. The highest BCUT2D eigenvalue weighted by atomic mass is 16.1. The molecule has 1 aromatic carbocycles. The number of aliphatic imine (C=N–C) groups is 1.